The fourth-order valence-electron chi connectivity index (χ4n) is 5.74. The Bertz CT molecular complexity index is 1060. The minimum absolute atomic E-state index is 0.0150. The quantitative estimate of drug-likeness (QED) is 0.453. The summed E-state index contributed by atoms with van der Waals surface area (Å²) in [5.74, 6) is 0. The van der Waals surface area contributed by atoms with E-state index in [0.717, 1.165) is 32.5 Å². The number of fused-ring (bicyclic) bond motifs is 2. The highest BCUT2D eigenvalue weighted by Gasteiger charge is 2.45. The molecule has 2 aromatic rings. The normalized spacial score (nSPS) is 19.3. The van der Waals surface area contributed by atoms with E-state index in [-0.39, 0.29) is 10.8 Å². The molecule has 0 N–H and O–H groups in total. The summed E-state index contributed by atoms with van der Waals surface area (Å²) in [7, 11) is 3.56. The van der Waals surface area contributed by atoms with Crippen LogP contribution < -0.4 is 4.90 Å². The maximum absolute atomic E-state index is 5.45. The molecule has 4 rings (SSSR count). The monoisotopic (exact) mass is 447 g/mol. The van der Waals surface area contributed by atoms with E-state index < -0.39 is 0 Å². The second-order valence-corrected chi connectivity index (χ2v) is 10.1. The maximum atomic E-state index is 5.45. The third-order valence-corrected chi connectivity index (χ3v) is 7.47. The Kier molecular flexibility index (Phi) is 6.78. The van der Waals surface area contributed by atoms with E-state index in [1.165, 1.54) is 33.9 Å². The number of benzene rings is 2. The molecule has 0 aliphatic carbocycles. The van der Waals surface area contributed by atoms with E-state index in [1.807, 2.05) is 0 Å². The molecule has 2 aliphatic rings. The van der Waals surface area contributed by atoms with Crippen LogP contribution in [-0.2, 0) is 20.3 Å². The van der Waals surface area contributed by atoms with Crippen LogP contribution in [0, 0.1) is 0 Å². The first-order valence-corrected chi connectivity index (χ1v) is 12.1. The molecule has 0 bridgehead atoms. The molecule has 2 aliphatic heterocycles. The number of anilines is 1. The van der Waals surface area contributed by atoms with Crippen molar-refractivity contribution >= 4 is 17.1 Å². The van der Waals surface area contributed by atoms with Crippen molar-refractivity contribution in [2.75, 3.05) is 45.4 Å². The molecule has 0 fully saturated rings. The third-order valence-electron chi connectivity index (χ3n) is 7.47. The van der Waals surface area contributed by atoms with Gasteiger partial charge in [0, 0.05) is 55.6 Å². The van der Waals surface area contributed by atoms with Crippen molar-refractivity contribution in [2.24, 2.45) is 0 Å². The molecule has 4 heteroatoms. The van der Waals surface area contributed by atoms with E-state index in [0.29, 0.717) is 6.61 Å². The largest absolute Gasteiger partial charge is 0.383 e. The smallest absolute Gasteiger partial charge is 0.209 e. The van der Waals surface area contributed by atoms with Crippen LogP contribution in [-0.4, -0.2) is 50.8 Å². The second-order valence-electron chi connectivity index (χ2n) is 10.1. The molecule has 33 heavy (non-hydrogen) atoms. The molecule has 2 heterocycles. The van der Waals surface area contributed by atoms with Crippen molar-refractivity contribution in [3.05, 3.63) is 71.4 Å². The molecule has 0 radical (unpaired) electrons. The lowest BCUT2D eigenvalue weighted by Crippen LogP contribution is -2.31. The molecule has 0 unspecified atom stereocenters. The molecule has 0 atom stereocenters. The Morgan fingerprint density at radius 3 is 2.24 bits per heavy atom. The van der Waals surface area contributed by atoms with Gasteiger partial charge in [0.15, 0.2) is 12.3 Å². The van der Waals surface area contributed by atoms with Crippen LogP contribution in [0.5, 0.6) is 0 Å². The topological polar surface area (TPSA) is 24.7 Å². The van der Waals surface area contributed by atoms with Gasteiger partial charge in [0.1, 0.15) is 6.61 Å². The van der Waals surface area contributed by atoms with E-state index >= 15 is 0 Å². The minimum Gasteiger partial charge on any atom is -0.383 e. The summed E-state index contributed by atoms with van der Waals surface area (Å²) in [6.45, 7) is 12.6. The minimum atomic E-state index is -0.0150. The predicted molar refractivity (Wildman–Crippen MR) is 137 cm³/mol. The number of rotatable bonds is 9. The Labute approximate surface area is 199 Å². The van der Waals surface area contributed by atoms with Crippen LogP contribution in [0.15, 0.2) is 60.3 Å². The van der Waals surface area contributed by atoms with E-state index in [2.05, 4.69) is 91.8 Å². The fraction of sp³-hybridized carbons (Fsp3) is 0.483. The lowest BCUT2D eigenvalue weighted by atomic mass is 9.79. The first-order valence-electron chi connectivity index (χ1n) is 12.1. The third kappa shape index (κ3) is 4.15. The van der Waals surface area contributed by atoms with Gasteiger partial charge in [-0.15, -0.1) is 0 Å². The van der Waals surface area contributed by atoms with Crippen molar-refractivity contribution in [1.82, 2.24) is 0 Å². The molecule has 4 nitrogen and oxygen atoms in total. The molecule has 0 spiro atoms. The van der Waals surface area contributed by atoms with E-state index in [1.54, 1.807) is 14.2 Å². The average molecular weight is 448 g/mol. The highest BCUT2D eigenvalue weighted by Crippen LogP contribution is 2.48. The average Bonchev–Trinajstić information content (AvgIpc) is 3.16. The number of para-hydroxylation sites is 2. The van der Waals surface area contributed by atoms with Crippen LogP contribution in [0.3, 0.4) is 0 Å². The first-order chi connectivity index (χ1) is 15.8. The SMILES string of the molecule is COCCN1/C(=C\CCC2=[N+](CCOC)c3ccccc3C2(C)C)C(C)(C)c2ccccc21. The first kappa shape index (κ1) is 23.7. The Morgan fingerprint density at radius 1 is 0.848 bits per heavy atom. The van der Waals surface area contributed by atoms with Gasteiger partial charge in [0.05, 0.1) is 12.0 Å². The number of hydrogen-bond donors (Lipinski definition) is 0. The number of nitrogens with zero attached hydrogens (tertiary/aromatic N) is 2. The summed E-state index contributed by atoms with van der Waals surface area (Å²) in [5, 5.41) is 0. The molecule has 176 valence electrons. The summed E-state index contributed by atoms with van der Waals surface area (Å²) in [6, 6.07) is 17.6. The molecular formula is C29H39N2O2+. The van der Waals surface area contributed by atoms with Crippen molar-refractivity contribution in [3.8, 4) is 0 Å². The van der Waals surface area contributed by atoms with Crippen LogP contribution in [0.4, 0.5) is 11.4 Å². The summed E-state index contributed by atoms with van der Waals surface area (Å²) in [6.07, 6.45) is 4.50. The number of hydrogen-bond acceptors (Lipinski definition) is 3. The maximum Gasteiger partial charge on any atom is 0.209 e. The van der Waals surface area contributed by atoms with Gasteiger partial charge in [0.25, 0.3) is 0 Å². The van der Waals surface area contributed by atoms with Crippen LogP contribution in [0.25, 0.3) is 0 Å². The van der Waals surface area contributed by atoms with Crippen LogP contribution in [0.2, 0.25) is 0 Å². The summed E-state index contributed by atoms with van der Waals surface area (Å²) >= 11 is 0. The fourth-order valence-corrected chi connectivity index (χ4v) is 5.74. The zero-order chi connectivity index (χ0) is 23.6. The van der Waals surface area contributed by atoms with Gasteiger partial charge in [-0.05, 0) is 31.9 Å². The standard InChI is InChI=1S/C29H39N2O2/c1-28(2)22-12-7-9-14-24(22)30(18-20-32-5)26(28)16-11-17-27-29(3,4)23-13-8-10-15-25(23)31(27)19-21-33-6/h7-10,12-16H,11,17-21H2,1-6H3/q+1/b26-16-. The summed E-state index contributed by atoms with van der Waals surface area (Å²) in [5.41, 5.74) is 8.33. The van der Waals surface area contributed by atoms with Crippen LogP contribution in [0.1, 0.15) is 51.7 Å². The van der Waals surface area contributed by atoms with Gasteiger partial charge in [-0.1, -0.05) is 56.3 Å². The van der Waals surface area contributed by atoms with Gasteiger partial charge in [0.2, 0.25) is 5.69 Å². The van der Waals surface area contributed by atoms with Gasteiger partial charge in [-0.2, -0.15) is 4.58 Å². The molecular weight excluding hydrogens is 408 g/mol. The van der Waals surface area contributed by atoms with Gasteiger partial charge in [-0.3, -0.25) is 0 Å². The second kappa shape index (κ2) is 9.44. The van der Waals surface area contributed by atoms with Crippen molar-refractivity contribution in [2.45, 2.75) is 51.4 Å². The number of methoxy groups -OCH3 is 2. The zero-order valence-corrected chi connectivity index (χ0v) is 21.1. The predicted octanol–water partition coefficient (Wildman–Crippen LogP) is 5.82. The zero-order valence-electron chi connectivity index (χ0n) is 21.1. The van der Waals surface area contributed by atoms with Crippen LogP contribution >= 0.6 is 0 Å². The van der Waals surface area contributed by atoms with E-state index in [4.69, 9.17) is 9.47 Å². The summed E-state index contributed by atoms with van der Waals surface area (Å²) in [4.78, 5) is 2.46. The van der Waals surface area contributed by atoms with Gasteiger partial charge >= 0.3 is 0 Å². The van der Waals surface area contributed by atoms with Crippen molar-refractivity contribution in [3.63, 3.8) is 0 Å². The lowest BCUT2D eigenvalue weighted by Gasteiger charge is -2.27. The molecule has 0 aromatic heterocycles. The highest BCUT2D eigenvalue weighted by atomic mass is 16.5. The molecule has 2 aromatic carbocycles. The van der Waals surface area contributed by atoms with E-state index in [9.17, 15) is 0 Å². The number of allylic oxidation sites excluding steroid dienone is 2. The molecule has 0 amide bonds. The van der Waals surface area contributed by atoms with Gasteiger partial charge < -0.3 is 14.4 Å². The Hall–Kier alpha value is -2.43. The lowest BCUT2D eigenvalue weighted by molar-refractivity contribution is -0.443. The highest BCUT2D eigenvalue weighted by molar-refractivity contribution is 5.95. The van der Waals surface area contributed by atoms with Crippen molar-refractivity contribution < 1.29 is 14.0 Å². The summed E-state index contributed by atoms with van der Waals surface area (Å²) < 4.78 is 13.4. The molecule has 0 saturated heterocycles. The Balaban J connectivity index is 1.64. The van der Waals surface area contributed by atoms with Gasteiger partial charge in [-0.25, -0.2) is 0 Å². The van der Waals surface area contributed by atoms with Crippen molar-refractivity contribution in [1.29, 1.82) is 0 Å². The molecule has 0 saturated carbocycles. The number of ether oxygens (including phenoxy) is 2. The Morgan fingerprint density at radius 2 is 1.52 bits per heavy atom.